The van der Waals surface area contributed by atoms with Gasteiger partial charge in [-0.05, 0) is 40.9 Å². The third-order valence-corrected chi connectivity index (χ3v) is 7.36. The Hall–Kier alpha value is -2.30. The van der Waals surface area contributed by atoms with Crippen molar-refractivity contribution < 1.29 is 4.79 Å². The molecule has 0 aliphatic rings. The molecule has 1 unspecified atom stereocenters. The van der Waals surface area contributed by atoms with Gasteiger partial charge in [-0.1, -0.05) is 30.0 Å². The lowest BCUT2D eigenvalue weighted by atomic mass is 10.3. The van der Waals surface area contributed by atoms with Gasteiger partial charge < -0.3 is 4.90 Å². The quantitative estimate of drug-likeness (QED) is 0.416. The Bertz CT molecular complexity index is 1040. The summed E-state index contributed by atoms with van der Waals surface area (Å²) in [4.78, 5) is 20.3. The van der Waals surface area contributed by atoms with E-state index in [0.29, 0.717) is 11.7 Å². The number of hydrogen-bond acceptors (Lipinski definition) is 8. The maximum atomic E-state index is 12.7. The number of nitrogens with zero attached hydrogens (tertiary/aromatic N) is 6. The fourth-order valence-electron chi connectivity index (χ4n) is 2.63. The monoisotopic (exact) mass is 430 g/mol. The zero-order valence-corrected chi connectivity index (χ0v) is 17.8. The molecule has 0 saturated heterocycles. The normalized spacial score (nSPS) is 12.4. The van der Waals surface area contributed by atoms with Crippen molar-refractivity contribution in [3.63, 3.8) is 0 Å². The standard InChI is InChI=1S/C18H18N6OS3/c1-12(17-19-14-7-3-4-8-15(14)28-17)23(2)16(25)11-27-18-20-21-22-24(18)10-13-6-5-9-26-13/h3-9,12H,10-11H2,1-2H3. The van der Waals surface area contributed by atoms with E-state index >= 15 is 0 Å². The van der Waals surface area contributed by atoms with Gasteiger partial charge >= 0.3 is 0 Å². The maximum absolute atomic E-state index is 12.7. The lowest BCUT2D eigenvalue weighted by molar-refractivity contribution is -0.128. The molecule has 0 aliphatic heterocycles. The van der Waals surface area contributed by atoms with Gasteiger partial charge in [-0.2, -0.15) is 0 Å². The summed E-state index contributed by atoms with van der Waals surface area (Å²) >= 11 is 4.63. The predicted molar refractivity (Wildman–Crippen MR) is 113 cm³/mol. The summed E-state index contributed by atoms with van der Waals surface area (Å²) in [6.07, 6.45) is 0. The average molecular weight is 431 g/mol. The topological polar surface area (TPSA) is 76.8 Å². The molecule has 3 aromatic heterocycles. The van der Waals surface area contributed by atoms with Crippen molar-refractivity contribution in [3.8, 4) is 0 Å². The molecule has 1 aromatic carbocycles. The van der Waals surface area contributed by atoms with Crippen molar-refractivity contribution in [2.45, 2.75) is 24.7 Å². The second-order valence-electron chi connectivity index (χ2n) is 6.19. The summed E-state index contributed by atoms with van der Waals surface area (Å²) in [6.45, 7) is 2.61. The number of tetrazole rings is 1. The minimum atomic E-state index is -0.0902. The molecule has 0 aliphatic carbocycles. The highest BCUT2D eigenvalue weighted by molar-refractivity contribution is 7.99. The number of rotatable bonds is 7. The number of benzene rings is 1. The number of aromatic nitrogens is 5. The number of carbonyl (C=O) groups is 1. The van der Waals surface area contributed by atoms with Crippen LogP contribution in [0.5, 0.6) is 0 Å². The lowest BCUT2D eigenvalue weighted by Gasteiger charge is -2.23. The maximum Gasteiger partial charge on any atom is 0.233 e. The molecule has 0 N–H and O–H groups in total. The minimum Gasteiger partial charge on any atom is -0.336 e. The fourth-order valence-corrected chi connectivity index (χ4v) is 5.18. The van der Waals surface area contributed by atoms with Gasteiger partial charge in [-0.25, -0.2) is 9.67 Å². The Morgan fingerprint density at radius 3 is 2.93 bits per heavy atom. The van der Waals surface area contributed by atoms with Gasteiger partial charge in [0.2, 0.25) is 11.1 Å². The summed E-state index contributed by atoms with van der Waals surface area (Å²) < 4.78 is 2.85. The van der Waals surface area contributed by atoms with Crippen LogP contribution in [0.15, 0.2) is 46.9 Å². The fraction of sp³-hybridized carbons (Fsp3) is 0.278. The van der Waals surface area contributed by atoms with Crippen LogP contribution >= 0.6 is 34.4 Å². The second-order valence-corrected chi connectivity index (χ2v) is 9.22. The molecular weight excluding hydrogens is 412 g/mol. The van der Waals surface area contributed by atoms with Gasteiger partial charge in [0.1, 0.15) is 5.01 Å². The van der Waals surface area contributed by atoms with Gasteiger partial charge in [-0.15, -0.1) is 27.8 Å². The van der Waals surface area contributed by atoms with Gasteiger partial charge in [0.05, 0.1) is 28.6 Å². The van der Waals surface area contributed by atoms with E-state index in [1.807, 2.05) is 55.7 Å². The largest absolute Gasteiger partial charge is 0.336 e. The first-order valence-corrected chi connectivity index (χ1v) is 11.3. The Morgan fingerprint density at radius 2 is 2.14 bits per heavy atom. The van der Waals surface area contributed by atoms with Crippen molar-refractivity contribution in [1.29, 1.82) is 0 Å². The van der Waals surface area contributed by atoms with Gasteiger partial charge in [0, 0.05) is 11.9 Å². The molecule has 144 valence electrons. The van der Waals surface area contributed by atoms with E-state index in [2.05, 4.69) is 20.5 Å². The minimum absolute atomic E-state index is 0.0161. The van der Waals surface area contributed by atoms with E-state index in [9.17, 15) is 4.79 Å². The van der Waals surface area contributed by atoms with Crippen LogP contribution in [0.25, 0.3) is 10.2 Å². The van der Waals surface area contributed by atoms with Crippen LogP contribution in [-0.4, -0.2) is 48.8 Å². The Morgan fingerprint density at radius 1 is 1.29 bits per heavy atom. The van der Waals surface area contributed by atoms with E-state index < -0.39 is 0 Å². The summed E-state index contributed by atoms with van der Waals surface area (Å²) in [5.41, 5.74) is 0.970. The third-order valence-electron chi connectivity index (χ3n) is 4.35. The van der Waals surface area contributed by atoms with E-state index in [0.717, 1.165) is 15.2 Å². The molecule has 0 saturated carbocycles. The molecule has 0 fully saturated rings. The molecule has 7 nitrogen and oxygen atoms in total. The zero-order chi connectivity index (χ0) is 19.5. The molecule has 0 spiro atoms. The van der Waals surface area contributed by atoms with Gasteiger partial charge in [0.15, 0.2) is 0 Å². The molecule has 10 heteroatoms. The Balaban J connectivity index is 1.39. The highest BCUT2D eigenvalue weighted by Crippen LogP contribution is 2.29. The molecule has 1 atom stereocenters. The molecule has 4 aromatic rings. The lowest BCUT2D eigenvalue weighted by Crippen LogP contribution is -2.31. The van der Waals surface area contributed by atoms with E-state index in [-0.39, 0.29) is 17.7 Å². The summed E-state index contributed by atoms with van der Waals surface area (Å²) in [7, 11) is 1.81. The van der Waals surface area contributed by atoms with Crippen LogP contribution in [0.2, 0.25) is 0 Å². The van der Waals surface area contributed by atoms with Crippen LogP contribution in [0.1, 0.15) is 22.9 Å². The first-order chi connectivity index (χ1) is 13.6. The predicted octanol–water partition coefficient (Wildman–Crippen LogP) is 3.70. The Labute approximate surface area is 174 Å². The third kappa shape index (κ3) is 4.08. The van der Waals surface area contributed by atoms with Crippen molar-refractivity contribution in [1.82, 2.24) is 30.1 Å². The van der Waals surface area contributed by atoms with Crippen LogP contribution in [0.4, 0.5) is 0 Å². The van der Waals surface area contributed by atoms with Crippen LogP contribution in [-0.2, 0) is 11.3 Å². The van der Waals surface area contributed by atoms with E-state index in [1.165, 1.54) is 16.6 Å². The summed E-state index contributed by atoms with van der Waals surface area (Å²) in [5, 5.41) is 15.4. The van der Waals surface area contributed by atoms with Crippen molar-refractivity contribution in [3.05, 3.63) is 51.7 Å². The number of thiophene rings is 1. The number of fused-ring (bicyclic) bond motifs is 1. The molecule has 28 heavy (non-hydrogen) atoms. The van der Waals surface area contributed by atoms with Crippen LogP contribution in [0.3, 0.4) is 0 Å². The van der Waals surface area contributed by atoms with Crippen LogP contribution < -0.4 is 0 Å². The smallest absolute Gasteiger partial charge is 0.233 e. The average Bonchev–Trinajstić information content (AvgIpc) is 3.46. The van der Waals surface area contributed by atoms with Crippen molar-refractivity contribution >= 4 is 50.6 Å². The van der Waals surface area contributed by atoms with Crippen molar-refractivity contribution in [2.24, 2.45) is 0 Å². The molecular formula is C18H18N6OS3. The second kappa shape index (κ2) is 8.38. The number of thiazole rings is 1. The molecule has 0 radical (unpaired) electrons. The molecule has 0 bridgehead atoms. The molecule has 3 heterocycles. The highest BCUT2D eigenvalue weighted by atomic mass is 32.2. The number of hydrogen-bond donors (Lipinski definition) is 0. The zero-order valence-electron chi connectivity index (χ0n) is 15.3. The van der Waals surface area contributed by atoms with Crippen molar-refractivity contribution in [2.75, 3.05) is 12.8 Å². The van der Waals surface area contributed by atoms with E-state index in [4.69, 9.17) is 0 Å². The first-order valence-electron chi connectivity index (χ1n) is 8.64. The SMILES string of the molecule is CC(c1nc2ccccc2s1)N(C)C(=O)CSc1nnnn1Cc1cccs1. The Kier molecular flexibility index (Phi) is 5.69. The number of carbonyl (C=O) groups excluding carboxylic acids is 1. The number of amides is 1. The first kappa shape index (κ1) is 19.0. The van der Waals surface area contributed by atoms with Crippen LogP contribution in [0, 0.1) is 0 Å². The number of thioether (sulfide) groups is 1. The summed E-state index contributed by atoms with van der Waals surface area (Å²) in [6, 6.07) is 12.0. The van der Waals surface area contributed by atoms with Gasteiger partial charge in [-0.3, -0.25) is 4.79 Å². The van der Waals surface area contributed by atoms with E-state index in [1.54, 1.807) is 32.3 Å². The number of para-hydroxylation sites is 1. The van der Waals surface area contributed by atoms with Gasteiger partial charge in [0.25, 0.3) is 0 Å². The highest BCUT2D eigenvalue weighted by Gasteiger charge is 2.21. The molecule has 1 amide bonds. The molecule has 4 rings (SSSR count). The summed E-state index contributed by atoms with van der Waals surface area (Å²) in [5.74, 6) is 0.290.